The predicted molar refractivity (Wildman–Crippen MR) is 84.1 cm³/mol. The van der Waals surface area contributed by atoms with E-state index in [2.05, 4.69) is 15.7 Å². The highest BCUT2D eigenvalue weighted by Gasteiger charge is 2.36. The van der Waals surface area contributed by atoms with Crippen molar-refractivity contribution >= 4 is 17.6 Å². The van der Waals surface area contributed by atoms with E-state index in [9.17, 15) is 9.59 Å². The van der Waals surface area contributed by atoms with Crippen molar-refractivity contribution in [2.24, 2.45) is 0 Å². The Hall–Kier alpha value is -2.09. The van der Waals surface area contributed by atoms with E-state index in [1.165, 1.54) is 0 Å². The lowest BCUT2D eigenvalue weighted by atomic mass is 10.0. The van der Waals surface area contributed by atoms with Crippen LogP contribution in [0.2, 0.25) is 0 Å². The van der Waals surface area contributed by atoms with Crippen LogP contribution in [0.5, 0.6) is 0 Å². The third-order valence-corrected chi connectivity index (χ3v) is 4.13. The third kappa shape index (κ3) is 3.47. The Labute approximate surface area is 135 Å². The molecule has 1 aromatic heterocycles. The fourth-order valence-corrected chi connectivity index (χ4v) is 2.84. The number of nitrogens with zero attached hydrogens (tertiary/aromatic N) is 3. The van der Waals surface area contributed by atoms with E-state index in [0.29, 0.717) is 18.8 Å². The average molecular weight is 321 g/mol. The van der Waals surface area contributed by atoms with Crippen LogP contribution in [0.15, 0.2) is 12.4 Å². The minimum atomic E-state index is -0.184. The molecule has 23 heavy (non-hydrogen) atoms. The highest BCUT2D eigenvalue weighted by Crippen LogP contribution is 2.19. The number of fused-ring (bicyclic) bond motifs is 1. The van der Waals surface area contributed by atoms with Gasteiger partial charge in [-0.2, -0.15) is 5.10 Å². The van der Waals surface area contributed by atoms with Gasteiger partial charge in [-0.1, -0.05) is 0 Å². The van der Waals surface area contributed by atoms with Crippen LogP contribution in [0.4, 0.5) is 10.5 Å². The first-order chi connectivity index (χ1) is 10.8. The second kappa shape index (κ2) is 5.84. The van der Waals surface area contributed by atoms with Gasteiger partial charge in [0.2, 0.25) is 5.91 Å². The molecular formula is C15H23N5O3. The fourth-order valence-electron chi connectivity index (χ4n) is 2.84. The number of hydrogen-bond acceptors (Lipinski definition) is 4. The largest absolute Gasteiger partial charge is 0.366 e. The van der Waals surface area contributed by atoms with Crippen LogP contribution in [0.1, 0.15) is 27.2 Å². The van der Waals surface area contributed by atoms with Gasteiger partial charge in [-0.25, -0.2) is 4.79 Å². The Morgan fingerprint density at radius 3 is 2.96 bits per heavy atom. The first kappa shape index (κ1) is 15.8. The van der Waals surface area contributed by atoms with Crippen LogP contribution >= 0.6 is 0 Å². The summed E-state index contributed by atoms with van der Waals surface area (Å²) in [6, 6.07) is -0.315. The molecular weight excluding hydrogens is 298 g/mol. The zero-order valence-electron chi connectivity index (χ0n) is 13.7. The highest BCUT2D eigenvalue weighted by molar-refractivity contribution is 5.89. The highest BCUT2D eigenvalue weighted by atomic mass is 16.5. The molecule has 3 rings (SSSR count). The van der Waals surface area contributed by atoms with Crippen LogP contribution in [0.3, 0.4) is 0 Å². The molecule has 2 unspecified atom stereocenters. The Morgan fingerprint density at radius 1 is 1.48 bits per heavy atom. The Kier molecular flexibility index (Phi) is 4.01. The molecule has 3 amide bonds. The maximum atomic E-state index is 12.4. The van der Waals surface area contributed by atoms with E-state index in [1.807, 2.05) is 31.6 Å². The van der Waals surface area contributed by atoms with Gasteiger partial charge in [-0.15, -0.1) is 0 Å². The molecule has 0 bridgehead atoms. The van der Waals surface area contributed by atoms with E-state index in [4.69, 9.17) is 4.74 Å². The van der Waals surface area contributed by atoms with Gasteiger partial charge in [0.1, 0.15) is 6.61 Å². The number of ether oxygens (including phenoxy) is 1. The van der Waals surface area contributed by atoms with E-state index in [-0.39, 0.29) is 36.2 Å². The van der Waals surface area contributed by atoms with Gasteiger partial charge in [-0.3, -0.25) is 9.48 Å². The number of piperidine rings is 1. The van der Waals surface area contributed by atoms with Gasteiger partial charge in [0.25, 0.3) is 0 Å². The Bertz CT molecular complexity index is 606. The van der Waals surface area contributed by atoms with Crippen molar-refractivity contribution in [3.63, 3.8) is 0 Å². The summed E-state index contributed by atoms with van der Waals surface area (Å²) in [5, 5.41) is 10.0. The summed E-state index contributed by atoms with van der Waals surface area (Å²) in [5.74, 6) is -0.125. The number of aromatic nitrogens is 2. The zero-order chi connectivity index (χ0) is 16.6. The van der Waals surface area contributed by atoms with Crippen LogP contribution in [0.25, 0.3) is 0 Å². The SMILES string of the molecule is CC(C)(C)n1cc(NC(=O)N2CCC3OCC(=O)NC3C2)cn1. The van der Waals surface area contributed by atoms with E-state index >= 15 is 0 Å². The smallest absolute Gasteiger partial charge is 0.322 e. The number of hydrogen-bond donors (Lipinski definition) is 2. The van der Waals surface area contributed by atoms with Crippen molar-refractivity contribution in [1.82, 2.24) is 20.0 Å². The molecule has 2 saturated heterocycles. The summed E-state index contributed by atoms with van der Waals surface area (Å²) in [7, 11) is 0. The lowest BCUT2D eigenvalue weighted by Gasteiger charge is -2.40. The molecule has 8 heteroatoms. The van der Waals surface area contributed by atoms with Gasteiger partial charge in [0, 0.05) is 19.3 Å². The standard InChI is InChI=1S/C15H23N5O3/c1-15(2,3)20-7-10(6-16-20)17-14(22)19-5-4-12-11(8-19)18-13(21)9-23-12/h6-7,11-12H,4-5,8-9H2,1-3H3,(H,17,22)(H,18,21). The molecule has 3 heterocycles. The van der Waals surface area contributed by atoms with Crippen molar-refractivity contribution in [3.8, 4) is 0 Å². The number of carbonyl (C=O) groups excluding carboxylic acids is 2. The van der Waals surface area contributed by atoms with Gasteiger partial charge in [-0.05, 0) is 27.2 Å². The van der Waals surface area contributed by atoms with Crippen molar-refractivity contribution in [1.29, 1.82) is 0 Å². The Balaban J connectivity index is 1.60. The molecule has 2 atom stereocenters. The topological polar surface area (TPSA) is 88.5 Å². The third-order valence-electron chi connectivity index (χ3n) is 4.13. The molecule has 0 aromatic carbocycles. The lowest BCUT2D eigenvalue weighted by Crippen LogP contribution is -2.61. The second-order valence-electron chi connectivity index (χ2n) is 7.03. The van der Waals surface area contributed by atoms with E-state index < -0.39 is 0 Å². The van der Waals surface area contributed by atoms with Crippen molar-refractivity contribution in [2.75, 3.05) is 25.0 Å². The number of carbonyl (C=O) groups is 2. The lowest BCUT2D eigenvalue weighted by molar-refractivity contribution is -0.139. The number of anilines is 1. The second-order valence-corrected chi connectivity index (χ2v) is 7.03. The Morgan fingerprint density at radius 2 is 2.26 bits per heavy atom. The molecule has 0 spiro atoms. The van der Waals surface area contributed by atoms with Crippen molar-refractivity contribution < 1.29 is 14.3 Å². The summed E-state index contributed by atoms with van der Waals surface area (Å²) in [4.78, 5) is 25.5. The maximum absolute atomic E-state index is 12.4. The predicted octanol–water partition coefficient (Wildman–Crippen LogP) is 0.759. The van der Waals surface area contributed by atoms with Crippen molar-refractivity contribution in [2.45, 2.75) is 44.9 Å². The first-order valence-corrected chi connectivity index (χ1v) is 7.85. The fraction of sp³-hybridized carbons (Fsp3) is 0.667. The summed E-state index contributed by atoms with van der Waals surface area (Å²) in [6.07, 6.45) is 4.18. The normalized spacial score (nSPS) is 24.8. The van der Waals surface area contributed by atoms with Crippen LogP contribution in [-0.2, 0) is 15.1 Å². The van der Waals surface area contributed by atoms with Gasteiger partial charge < -0.3 is 20.3 Å². The molecule has 2 aliphatic heterocycles. The van der Waals surface area contributed by atoms with Crippen LogP contribution in [-0.4, -0.2) is 58.5 Å². The number of amides is 3. The molecule has 0 radical (unpaired) electrons. The van der Waals surface area contributed by atoms with E-state index in [0.717, 1.165) is 6.42 Å². The van der Waals surface area contributed by atoms with Gasteiger partial charge >= 0.3 is 6.03 Å². The first-order valence-electron chi connectivity index (χ1n) is 7.85. The molecule has 1 aromatic rings. The van der Waals surface area contributed by atoms with Crippen LogP contribution < -0.4 is 10.6 Å². The van der Waals surface area contributed by atoms with E-state index in [1.54, 1.807) is 11.1 Å². The monoisotopic (exact) mass is 321 g/mol. The quantitative estimate of drug-likeness (QED) is 0.799. The summed E-state index contributed by atoms with van der Waals surface area (Å²) in [5.41, 5.74) is 0.529. The minimum absolute atomic E-state index is 0.000362. The average Bonchev–Trinajstić information content (AvgIpc) is 2.95. The summed E-state index contributed by atoms with van der Waals surface area (Å²) >= 11 is 0. The number of likely N-dealkylation sites (tertiary alicyclic amines) is 1. The zero-order valence-corrected chi connectivity index (χ0v) is 13.7. The molecule has 2 N–H and O–H groups in total. The number of morpholine rings is 1. The molecule has 2 fully saturated rings. The number of nitrogens with one attached hydrogen (secondary N) is 2. The minimum Gasteiger partial charge on any atom is -0.366 e. The molecule has 0 aliphatic carbocycles. The van der Waals surface area contributed by atoms with Gasteiger partial charge in [0.05, 0.1) is 29.6 Å². The maximum Gasteiger partial charge on any atom is 0.322 e. The molecule has 8 nitrogen and oxygen atoms in total. The van der Waals surface area contributed by atoms with Crippen LogP contribution in [0, 0.1) is 0 Å². The van der Waals surface area contributed by atoms with Gasteiger partial charge in [0.15, 0.2) is 0 Å². The number of urea groups is 1. The summed E-state index contributed by atoms with van der Waals surface area (Å²) in [6.45, 7) is 7.30. The molecule has 0 saturated carbocycles. The molecule has 126 valence electrons. The number of rotatable bonds is 1. The molecule has 2 aliphatic rings. The van der Waals surface area contributed by atoms with Crippen molar-refractivity contribution in [3.05, 3.63) is 12.4 Å². The summed E-state index contributed by atoms with van der Waals surface area (Å²) < 4.78 is 7.31.